The minimum atomic E-state index is -0.945. The summed E-state index contributed by atoms with van der Waals surface area (Å²) in [4.78, 5) is 12.2. The number of halogens is 1. The Hall–Kier alpha value is -3.22. The van der Waals surface area contributed by atoms with E-state index in [0.717, 1.165) is 16.6 Å². The molecular formula is C25H27ClN6O5. The molecule has 2 fully saturated rings. The van der Waals surface area contributed by atoms with Crippen LogP contribution in [-0.2, 0) is 22.6 Å². The number of fused-ring (bicyclic) bond motifs is 3. The highest BCUT2D eigenvalue weighted by molar-refractivity contribution is 6.33. The Kier molecular flexibility index (Phi) is 6.25. The second-order valence-corrected chi connectivity index (χ2v) is 9.55. The van der Waals surface area contributed by atoms with E-state index in [1.807, 2.05) is 28.9 Å². The van der Waals surface area contributed by atoms with Crippen LogP contribution >= 0.6 is 11.6 Å². The lowest BCUT2D eigenvalue weighted by molar-refractivity contribution is -0.0324. The molecule has 4 N–H and O–H groups in total. The molecule has 1 aromatic carbocycles. The van der Waals surface area contributed by atoms with Gasteiger partial charge in [0.1, 0.15) is 18.0 Å². The summed E-state index contributed by atoms with van der Waals surface area (Å²) in [5, 5.41) is 28.8. The largest absolute Gasteiger partial charge is 0.455 e. The molecule has 37 heavy (non-hydrogen) atoms. The number of ether oxygens (including phenoxy) is 3. The molecule has 4 aromatic rings. The number of H-pyrrole nitrogens is 1. The second-order valence-electron chi connectivity index (χ2n) is 9.15. The number of aryl methyl sites for hydroxylation is 1. The molecule has 3 aromatic heterocycles. The predicted molar refractivity (Wildman–Crippen MR) is 137 cm³/mol. The number of hydrogen-bond donors (Lipinski definition) is 4. The monoisotopic (exact) mass is 526 g/mol. The molecule has 0 radical (unpaired) electrons. The zero-order chi connectivity index (χ0) is 25.6. The quantitative estimate of drug-likeness (QED) is 0.242. The summed E-state index contributed by atoms with van der Waals surface area (Å²) in [6, 6.07) is 9.94. The third-order valence-corrected chi connectivity index (χ3v) is 7.18. The molecule has 0 amide bonds. The highest BCUT2D eigenvalue weighted by Gasteiger charge is 2.59. The maximum absolute atomic E-state index is 10.2. The summed E-state index contributed by atoms with van der Waals surface area (Å²) >= 11 is 6.53. The van der Waals surface area contributed by atoms with E-state index in [1.165, 1.54) is 0 Å². The molecule has 0 saturated carbocycles. The van der Waals surface area contributed by atoms with Gasteiger partial charge in [-0.2, -0.15) is 10.1 Å². The van der Waals surface area contributed by atoms with Gasteiger partial charge >= 0.3 is 0 Å². The number of benzene rings is 1. The normalized spacial score (nSPS) is 25.1. The lowest BCUT2D eigenvalue weighted by Crippen LogP contribution is -2.47. The summed E-state index contributed by atoms with van der Waals surface area (Å²) in [5.74, 6) is 0.468. The van der Waals surface area contributed by atoms with Crippen LogP contribution in [0.2, 0.25) is 5.02 Å². The smallest absolute Gasteiger partial charge is 0.296 e. The fourth-order valence-corrected chi connectivity index (χ4v) is 5.28. The number of hydrogen-bond acceptors (Lipinski definition) is 9. The fourth-order valence-electron chi connectivity index (χ4n) is 5.07. The molecule has 5 heterocycles. The van der Waals surface area contributed by atoms with Crippen molar-refractivity contribution in [2.45, 2.75) is 43.4 Å². The Morgan fingerprint density at radius 3 is 3.03 bits per heavy atom. The van der Waals surface area contributed by atoms with Gasteiger partial charge in [0.15, 0.2) is 17.4 Å². The molecule has 0 spiro atoms. The van der Waals surface area contributed by atoms with E-state index in [4.69, 9.17) is 30.9 Å². The highest BCUT2D eigenvalue weighted by Crippen LogP contribution is 2.40. The van der Waals surface area contributed by atoms with Crippen LogP contribution in [0.15, 0.2) is 43.0 Å². The third kappa shape index (κ3) is 4.12. The molecule has 4 atom stereocenters. The molecule has 2 aliphatic heterocycles. The molecule has 12 heteroatoms. The summed E-state index contributed by atoms with van der Waals surface area (Å²) in [6.45, 7) is 5.38. The van der Waals surface area contributed by atoms with Gasteiger partial charge in [-0.15, -0.1) is 0 Å². The fraction of sp³-hybridized carbons (Fsp3) is 0.400. The number of nitrogens with one attached hydrogen (secondary N) is 2. The standard InChI is InChI=1S/C25H27ClN6O5/c1-2-25-20(13-35-21(25)19(34)12-36-25)37-24-28-16-10-15(26)22(29-23(16)30-24)27-11-17-14-6-3-4-7-18(14)32(31-17)8-5-9-33/h2-4,6-7,10,19-21,33-34H,1,5,8-9,11-13H2,(H2,27,28,29,30)/t19-,20-,21-,25-/m1/s1. The molecule has 0 bridgehead atoms. The maximum atomic E-state index is 10.2. The summed E-state index contributed by atoms with van der Waals surface area (Å²) < 4.78 is 19.5. The molecule has 6 rings (SSSR count). The summed E-state index contributed by atoms with van der Waals surface area (Å²) in [7, 11) is 0. The van der Waals surface area contributed by atoms with Crippen molar-refractivity contribution in [1.82, 2.24) is 24.7 Å². The van der Waals surface area contributed by atoms with E-state index in [-0.39, 0.29) is 25.8 Å². The van der Waals surface area contributed by atoms with Gasteiger partial charge in [0.2, 0.25) is 0 Å². The zero-order valence-electron chi connectivity index (χ0n) is 19.9. The number of aromatic amines is 1. The van der Waals surface area contributed by atoms with Crippen LogP contribution in [0.4, 0.5) is 5.82 Å². The first kappa shape index (κ1) is 24.1. The Labute approximate surface area is 217 Å². The molecule has 0 aliphatic carbocycles. The van der Waals surface area contributed by atoms with Crippen molar-refractivity contribution in [1.29, 1.82) is 0 Å². The Balaban J connectivity index is 1.21. The SMILES string of the molecule is C=C[C@]12OC[C@@H](O)[C@H]1OC[C@H]2Oc1nc2nc(NCc3nn(CCCO)c4ccccc34)c(Cl)cc2[nH]1. The van der Waals surface area contributed by atoms with Crippen LogP contribution in [0.1, 0.15) is 12.1 Å². The van der Waals surface area contributed by atoms with Gasteiger partial charge in [0.25, 0.3) is 6.01 Å². The van der Waals surface area contributed by atoms with Crippen LogP contribution in [0.3, 0.4) is 0 Å². The second kappa shape index (κ2) is 9.58. The van der Waals surface area contributed by atoms with Gasteiger partial charge in [-0.3, -0.25) is 4.68 Å². The number of pyridine rings is 1. The van der Waals surface area contributed by atoms with Gasteiger partial charge in [-0.25, -0.2) is 4.98 Å². The van der Waals surface area contributed by atoms with Crippen molar-refractivity contribution in [2.75, 3.05) is 25.1 Å². The number of aliphatic hydroxyl groups is 2. The number of imidazole rings is 1. The van der Waals surface area contributed by atoms with Gasteiger partial charge in [-0.05, 0) is 18.6 Å². The molecular weight excluding hydrogens is 500 g/mol. The van der Waals surface area contributed by atoms with E-state index >= 15 is 0 Å². The minimum absolute atomic E-state index is 0.106. The Morgan fingerprint density at radius 1 is 1.32 bits per heavy atom. The predicted octanol–water partition coefficient (Wildman–Crippen LogP) is 2.42. The van der Waals surface area contributed by atoms with Crippen molar-refractivity contribution in [3.8, 4) is 6.01 Å². The molecule has 2 aliphatic rings. The van der Waals surface area contributed by atoms with Crippen molar-refractivity contribution < 1.29 is 24.4 Å². The van der Waals surface area contributed by atoms with Crippen molar-refractivity contribution in [3.63, 3.8) is 0 Å². The van der Waals surface area contributed by atoms with Crippen molar-refractivity contribution >= 4 is 39.5 Å². The third-order valence-electron chi connectivity index (χ3n) is 6.89. The van der Waals surface area contributed by atoms with Gasteiger partial charge in [0.05, 0.1) is 41.5 Å². The van der Waals surface area contributed by atoms with E-state index in [2.05, 4.69) is 26.8 Å². The van der Waals surface area contributed by atoms with Crippen molar-refractivity contribution in [3.05, 3.63) is 53.7 Å². The van der Waals surface area contributed by atoms with E-state index in [1.54, 1.807) is 12.1 Å². The van der Waals surface area contributed by atoms with E-state index in [0.29, 0.717) is 41.5 Å². The summed E-state index contributed by atoms with van der Waals surface area (Å²) in [5.41, 5.74) is 1.95. The number of aromatic nitrogens is 5. The van der Waals surface area contributed by atoms with Crippen LogP contribution in [0.25, 0.3) is 22.1 Å². The van der Waals surface area contributed by atoms with Crippen LogP contribution in [0.5, 0.6) is 6.01 Å². The lowest BCUT2D eigenvalue weighted by atomic mass is 9.92. The van der Waals surface area contributed by atoms with E-state index in [9.17, 15) is 10.2 Å². The average molecular weight is 527 g/mol. The molecule has 11 nitrogen and oxygen atoms in total. The van der Waals surface area contributed by atoms with Crippen LogP contribution in [-0.4, -0.2) is 78.7 Å². The molecule has 0 unspecified atom stereocenters. The first-order chi connectivity index (χ1) is 18.0. The Bertz CT molecular complexity index is 1460. The zero-order valence-corrected chi connectivity index (χ0v) is 20.7. The van der Waals surface area contributed by atoms with Crippen LogP contribution < -0.4 is 10.1 Å². The minimum Gasteiger partial charge on any atom is -0.455 e. The number of nitrogens with zero attached hydrogens (tertiary/aromatic N) is 4. The number of para-hydroxylation sites is 1. The maximum Gasteiger partial charge on any atom is 0.296 e. The number of anilines is 1. The number of rotatable bonds is 9. The van der Waals surface area contributed by atoms with E-state index < -0.39 is 23.9 Å². The lowest BCUT2D eigenvalue weighted by Gasteiger charge is -2.28. The number of aliphatic hydroxyl groups excluding tert-OH is 2. The van der Waals surface area contributed by atoms with Crippen molar-refractivity contribution in [2.24, 2.45) is 0 Å². The van der Waals surface area contributed by atoms with Gasteiger partial charge in [-0.1, -0.05) is 42.5 Å². The first-order valence-corrected chi connectivity index (χ1v) is 12.5. The molecule has 2 saturated heterocycles. The molecule has 194 valence electrons. The first-order valence-electron chi connectivity index (χ1n) is 12.1. The topological polar surface area (TPSA) is 140 Å². The van der Waals surface area contributed by atoms with Gasteiger partial charge in [0, 0.05) is 18.5 Å². The Morgan fingerprint density at radius 2 is 2.19 bits per heavy atom. The summed E-state index contributed by atoms with van der Waals surface area (Å²) in [6.07, 6.45) is 0.441. The van der Waals surface area contributed by atoms with Gasteiger partial charge < -0.3 is 34.7 Å². The highest BCUT2D eigenvalue weighted by atomic mass is 35.5. The van der Waals surface area contributed by atoms with Crippen LogP contribution in [0, 0.1) is 0 Å². The average Bonchev–Trinajstić information content (AvgIpc) is 3.64.